The molecule has 4 aromatic rings. The molecule has 2 aromatic heterocycles. The second-order valence-electron chi connectivity index (χ2n) is 5.68. The van der Waals surface area contributed by atoms with Crippen LogP contribution in [0.15, 0.2) is 66.0 Å². The summed E-state index contributed by atoms with van der Waals surface area (Å²) in [7, 11) is 0. The van der Waals surface area contributed by atoms with Gasteiger partial charge in [0.25, 0.3) is 0 Å². The largest absolute Gasteiger partial charge is 0.488 e. The Morgan fingerprint density at radius 3 is 2.64 bits per heavy atom. The van der Waals surface area contributed by atoms with E-state index in [4.69, 9.17) is 15.9 Å². The van der Waals surface area contributed by atoms with E-state index >= 15 is 0 Å². The summed E-state index contributed by atoms with van der Waals surface area (Å²) in [5.74, 6) is 0.940. The fraction of sp³-hybridized carbons (Fsp3) is 0.0500. The molecule has 0 amide bonds. The van der Waals surface area contributed by atoms with Gasteiger partial charge in [-0.25, -0.2) is 0 Å². The number of hydrogen-bond acceptors (Lipinski definition) is 4. The summed E-state index contributed by atoms with van der Waals surface area (Å²) in [6.07, 6.45) is 0. The smallest absolute Gasteiger partial charge is 0.133 e. The van der Waals surface area contributed by atoms with Crippen LogP contribution in [0, 0.1) is 5.41 Å². The number of amidine groups is 1. The van der Waals surface area contributed by atoms with Gasteiger partial charge in [-0.2, -0.15) is 0 Å². The Labute approximate surface area is 153 Å². The molecule has 0 aliphatic heterocycles. The molecule has 0 aliphatic rings. The zero-order chi connectivity index (χ0) is 17.2. The number of thiophene rings is 2. The first kappa shape index (κ1) is 15.9. The predicted molar refractivity (Wildman–Crippen MR) is 107 cm³/mol. The molecule has 124 valence electrons. The van der Waals surface area contributed by atoms with Crippen molar-refractivity contribution < 1.29 is 4.74 Å². The molecule has 3 N–H and O–H groups in total. The van der Waals surface area contributed by atoms with Crippen molar-refractivity contribution in [2.45, 2.75) is 6.61 Å². The lowest BCUT2D eigenvalue weighted by Crippen LogP contribution is -2.08. The van der Waals surface area contributed by atoms with Crippen LogP contribution in [0.3, 0.4) is 0 Å². The highest BCUT2D eigenvalue weighted by atomic mass is 32.1. The fourth-order valence-electron chi connectivity index (χ4n) is 2.63. The van der Waals surface area contributed by atoms with Crippen molar-refractivity contribution >= 4 is 38.6 Å². The molecule has 0 spiro atoms. The molecule has 0 aliphatic carbocycles. The van der Waals surface area contributed by atoms with Gasteiger partial charge in [0.2, 0.25) is 0 Å². The van der Waals surface area contributed by atoms with Crippen LogP contribution in [0.2, 0.25) is 0 Å². The zero-order valence-corrected chi connectivity index (χ0v) is 15.0. The highest BCUT2D eigenvalue weighted by Crippen LogP contribution is 2.30. The number of nitrogens with two attached hydrogens (primary N) is 1. The van der Waals surface area contributed by atoms with Crippen molar-refractivity contribution in [3.05, 3.63) is 75.8 Å². The van der Waals surface area contributed by atoms with E-state index < -0.39 is 0 Å². The number of fused-ring (bicyclic) bond motifs is 1. The fourth-order valence-corrected chi connectivity index (χ4v) is 4.38. The average molecular weight is 364 g/mol. The second kappa shape index (κ2) is 6.70. The average Bonchev–Trinajstić information content (AvgIpc) is 3.27. The highest BCUT2D eigenvalue weighted by molar-refractivity contribution is 7.20. The summed E-state index contributed by atoms with van der Waals surface area (Å²) in [4.78, 5) is 1.98. The Balaban J connectivity index is 1.49. The van der Waals surface area contributed by atoms with Gasteiger partial charge in [0.1, 0.15) is 18.2 Å². The van der Waals surface area contributed by atoms with Crippen LogP contribution >= 0.6 is 22.7 Å². The monoisotopic (exact) mass is 364 g/mol. The van der Waals surface area contributed by atoms with Crippen molar-refractivity contribution in [1.29, 1.82) is 5.41 Å². The van der Waals surface area contributed by atoms with Crippen LogP contribution < -0.4 is 10.5 Å². The van der Waals surface area contributed by atoms with Gasteiger partial charge < -0.3 is 10.5 Å². The Kier molecular flexibility index (Phi) is 4.26. The molecule has 2 heterocycles. The highest BCUT2D eigenvalue weighted by Gasteiger charge is 2.07. The molecule has 0 unspecified atom stereocenters. The molecule has 0 saturated heterocycles. The molecule has 0 bridgehead atoms. The summed E-state index contributed by atoms with van der Waals surface area (Å²) in [6, 6.07) is 20.5. The van der Waals surface area contributed by atoms with Crippen molar-refractivity contribution in [3.8, 4) is 16.9 Å². The van der Waals surface area contributed by atoms with E-state index in [2.05, 4.69) is 35.7 Å². The van der Waals surface area contributed by atoms with E-state index in [1.807, 2.05) is 30.3 Å². The molecular weight excluding hydrogens is 348 g/mol. The maximum absolute atomic E-state index is 7.55. The van der Waals surface area contributed by atoms with Crippen molar-refractivity contribution in [1.82, 2.24) is 0 Å². The minimum atomic E-state index is 0.107. The third-order valence-electron chi connectivity index (χ3n) is 3.90. The maximum Gasteiger partial charge on any atom is 0.133 e. The van der Waals surface area contributed by atoms with Crippen LogP contribution in [0.4, 0.5) is 0 Å². The molecular formula is C20H16N2OS2. The van der Waals surface area contributed by atoms with Gasteiger partial charge in [0.15, 0.2) is 0 Å². The molecule has 0 fully saturated rings. The van der Waals surface area contributed by atoms with Gasteiger partial charge in [-0.15, -0.1) is 22.7 Å². The minimum absolute atomic E-state index is 0.107. The maximum atomic E-state index is 7.55. The summed E-state index contributed by atoms with van der Waals surface area (Å²) in [5.41, 5.74) is 8.01. The normalized spacial score (nSPS) is 10.9. The molecule has 5 heteroatoms. The molecule has 0 radical (unpaired) electrons. The third kappa shape index (κ3) is 3.43. The Bertz CT molecular complexity index is 1030. The molecule has 0 atom stereocenters. The first-order valence-corrected chi connectivity index (χ1v) is 9.52. The van der Waals surface area contributed by atoms with Crippen LogP contribution in [0.5, 0.6) is 5.75 Å². The number of nitrogen functional groups attached to an aromatic ring is 1. The lowest BCUT2D eigenvalue weighted by Gasteiger charge is -2.04. The van der Waals surface area contributed by atoms with Crippen molar-refractivity contribution in [2.24, 2.45) is 5.73 Å². The van der Waals surface area contributed by atoms with Crippen LogP contribution in [-0.4, -0.2) is 5.84 Å². The van der Waals surface area contributed by atoms with Gasteiger partial charge in [-0.05, 0) is 52.2 Å². The van der Waals surface area contributed by atoms with E-state index in [1.165, 1.54) is 27.3 Å². The van der Waals surface area contributed by atoms with Gasteiger partial charge >= 0.3 is 0 Å². The lowest BCUT2D eigenvalue weighted by molar-refractivity contribution is 0.310. The summed E-state index contributed by atoms with van der Waals surface area (Å²) in [6.45, 7) is 0.550. The minimum Gasteiger partial charge on any atom is -0.488 e. The number of nitrogens with one attached hydrogen (secondary N) is 1. The topological polar surface area (TPSA) is 59.1 Å². The molecule has 25 heavy (non-hydrogen) atoms. The van der Waals surface area contributed by atoms with Crippen LogP contribution in [0.25, 0.3) is 21.2 Å². The van der Waals surface area contributed by atoms with Gasteiger partial charge in [0, 0.05) is 9.58 Å². The molecule has 3 nitrogen and oxygen atoms in total. The first-order chi connectivity index (χ1) is 12.2. The Morgan fingerprint density at radius 1 is 1.00 bits per heavy atom. The summed E-state index contributed by atoms with van der Waals surface area (Å²) < 4.78 is 7.03. The van der Waals surface area contributed by atoms with Gasteiger partial charge in [-0.1, -0.05) is 30.3 Å². The van der Waals surface area contributed by atoms with E-state index in [0.717, 1.165) is 20.7 Å². The van der Waals surface area contributed by atoms with Gasteiger partial charge in [-0.3, -0.25) is 5.41 Å². The quantitative estimate of drug-likeness (QED) is 0.363. The van der Waals surface area contributed by atoms with E-state index in [1.54, 1.807) is 11.3 Å². The Hall–Kier alpha value is -2.63. The predicted octanol–water partition coefficient (Wildman–Crippen LogP) is 5.49. The van der Waals surface area contributed by atoms with E-state index in [9.17, 15) is 0 Å². The third-order valence-corrected chi connectivity index (χ3v) is 5.94. The van der Waals surface area contributed by atoms with E-state index in [0.29, 0.717) is 6.61 Å². The second-order valence-corrected chi connectivity index (χ2v) is 7.76. The van der Waals surface area contributed by atoms with E-state index in [-0.39, 0.29) is 5.84 Å². The SMILES string of the molecule is N=C(N)c1cc2ccc(OCc3cc(-c4ccccc4)cs3)cc2s1. The standard InChI is InChI=1S/C20H16N2OS2/c21-20(22)19-9-14-6-7-16(10-18(14)25-19)23-11-17-8-15(12-24-17)13-4-2-1-3-5-13/h1-10,12H,11H2,(H3,21,22). The zero-order valence-electron chi connectivity index (χ0n) is 13.4. The lowest BCUT2D eigenvalue weighted by atomic mass is 10.1. The number of rotatable bonds is 5. The number of benzene rings is 2. The molecule has 2 aromatic carbocycles. The Morgan fingerprint density at radius 2 is 1.84 bits per heavy atom. The number of hydrogen-bond donors (Lipinski definition) is 2. The summed E-state index contributed by atoms with van der Waals surface area (Å²) >= 11 is 3.22. The van der Waals surface area contributed by atoms with Crippen LogP contribution in [0.1, 0.15) is 9.75 Å². The molecule has 4 rings (SSSR count). The van der Waals surface area contributed by atoms with Crippen molar-refractivity contribution in [3.63, 3.8) is 0 Å². The summed E-state index contributed by atoms with van der Waals surface area (Å²) in [5, 5.41) is 10.8. The molecule has 0 saturated carbocycles. The van der Waals surface area contributed by atoms with Gasteiger partial charge in [0.05, 0.1) is 4.88 Å². The number of ether oxygens (including phenoxy) is 1. The first-order valence-electron chi connectivity index (χ1n) is 7.83. The van der Waals surface area contributed by atoms with Crippen molar-refractivity contribution in [2.75, 3.05) is 0 Å². The van der Waals surface area contributed by atoms with Crippen LogP contribution in [-0.2, 0) is 6.61 Å².